The van der Waals surface area contributed by atoms with E-state index in [9.17, 15) is 9.59 Å². The summed E-state index contributed by atoms with van der Waals surface area (Å²) in [6.45, 7) is 1.70. The normalized spacial score (nSPS) is 12.1. The standard InChI is InChI=1S/C10H14N2O5/c1-3-6-8(12-5-17-6)9(13)11-4-7(16-2)10(14)15/h5,7H,3-4H2,1-2H3,(H,11,13)(H,14,15). The summed E-state index contributed by atoms with van der Waals surface area (Å²) < 4.78 is 9.67. The summed E-state index contributed by atoms with van der Waals surface area (Å²) in [6, 6.07) is 0. The van der Waals surface area contributed by atoms with E-state index >= 15 is 0 Å². The van der Waals surface area contributed by atoms with Crippen molar-refractivity contribution in [1.29, 1.82) is 0 Å². The maximum Gasteiger partial charge on any atom is 0.334 e. The Hall–Kier alpha value is -1.89. The van der Waals surface area contributed by atoms with Gasteiger partial charge in [-0.25, -0.2) is 9.78 Å². The molecule has 0 aliphatic rings. The number of carboxylic acids is 1. The Morgan fingerprint density at radius 1 is 1.65 bits per heavy atom. The minimum atomic E-state index is -1.14. The van der Waals surface area contributed by atoms with Gasteiger partial charge in [-0.15, -0.1) is 0 Å². The fraction of sp³-hybridized carbons (Fsp3) is 0.500. The van der Waals surface area contributed by atoms with Crippen molar-refractivity contribution < 1.29 is 23.8 Å². The van der Waals surface area contributed by atoms with Gasteiger partial charge in [-0.05, 0) is 0 Å². The number of carbonyl (C=O) groups excluding carboxylic acids is 1. The third kappa shape index (κ3) is 3.28. The van der Waals surface area contributed by atoms with Crippen molar-refractivity contribution in [3.8, 4) is 0 Å². The Bertz CT molecular complexity index is 401. The molecule has 0 fully saturated rings. The lowest BCUT2D eigenvalue weighted by molar-refractivity contribution is -0.148. The maximum atomic E-state index is 11.6. The first-order valence-corrected chi connectivity index (χ1v) is 5.06. The zero-order valence-corrected chi connectivity index (χ0v) is 9.60. The number of ether oxygens (including phenoxy) is 1. The molecular formula is C10H14N2O5. The van der Waals surface area contributed by atoms with Crippen molar-refractivity contribution in [2.24, 2.45) is 0 Å². The summed E-state index contributed by atoms with van der Waals surface area (Å²) >= 11 is 0. The molecule has 7 heteroatoms. The molecule has 1 aromatic rings. The Kier molecular flexibility index (Phi) is 4.65. The molecular weight excluding hydrogens is 228 g/mol. The van der Waals surface area contributed by atoms with E-state index in [1.54, 1.807) is 0 Å². The number of aryl methyl sites for hydroxylation is 1. The first kappa shape index (κ1) is 13.2. The lowest BCUT2D eigenvalue weighted by Crippen LogP contribution is -2.38. The van der Waals surface area contributed by atoms with Crippen LogP contribution in [0.4, 0.5) is 0 Å². The number of hydrogen-bond acceptors (Lipinski definition) is 5. The predicted molar refractivity (Wildman–Crippen MR) is 56.6 cm³/mol. The summed E-state index contributed by atoms with van der Waals surface area (Å²) in [7, 11) is 1.26. The highest BCUT2D eigenvalue weighted by molar-refractivity contribution is 5.93. The molecule has 1 rings (SSSR count). The van der Waals surface area contributed by atoms with E-state index in [1.165, 1.54) is 13.5 Å². The number of nitrogens with one attached hydrogen (secondary N) is 1. The molecule has 0 aromatic carbocycles. The molecule has 7 nitrogen and oxygen atoms in total. The average Bonchev–Trinajstić information content (AvgIpc) is 2.77. The molecule has 0 aliphatic heterocycles. The highest BCUT2D eigenvalue weighted by Crippen LogP contribution is 2.06. The Morgan fingerprint density at radius 2 is 2.35 bits per heavy atom. The smallest absolute Gasteiger partial charge is 0.334 e. The van der Waals surface area contributed by atoms with Gasteiger partial charge in [0.25, 0.3) is 5.91 Å². The third-order valence-corrected chi connectivity index (χ3v) is 2.19. The van der Waals surface area contributed by atoms with Crippen LogP contribution in [0.1, 0.15) is 23.2 Å². The fourth-order valence-corrected chi connectivity index (χ4v) is 1.25. The molecule has 1 aromatic heterocycles. The van der Waals surface area contributed by atoms with Gasteiger partial charge >= 0.3 is 5.97 Å². The first-order chi connectivity index (χ1) is 8.10. The first-order valence-electron chi connectivity index (χ1n) is 5.06. The second kappa shape index (κ2) is 6.00. The van der Waals surface area contributed by atoms with Crippen molar-refractivity contribution in [3.63, 3.8) is 0 Å². The van der Waals surface area contributed by atoms with Crippen LogP contribution in [0.3, 0.4) is 0 Å². The Morgan fingerprint density at radius 3 is 2.88 bits per heavy atom. The van der Waals surface area contributed by atoms with Crippen LogP contribution in [0.25, 0.3) is 0 Å². The molecule has 1 heterocycles. The van der Waals surface area contributed by atoms with Crippen LogP contribution in [0.15, 0.2) is 10.8 Å². The molecule has 17 heavy (non-hydrogen) atoms. The molecule has 1 amide bonds. The van der Waals surface area contributed by atoms with Crippen LogP contribution in [-0.2, 0) is 16.0 Å². The molecule has 0 saturated heterocycles. The SMILES string of the molecule is CCc1ocnc1C(=O)NCC(OC)C(=O)O. The second-order valence-electron chi connectivity index (χ2n) is 3.25. The predicted octanol–water partition coefficient (Wildman–Crippen LogP) is 0.0664. The summed E-state index contributed by atoms with van der Waals surface area (Å²) in [6.07, 6.45) is 0.643. The number of methoxy groups -OCH3 is 1. The van der Waals surface area contributed by atoms with Crippen LogP contribution in [0.2, 0.25) is 0 Å². The molecule has 0 radical (unpaired) electrons. The van der Waals surface area contributed by atoms with Crippen LogP contribution in [-0.4, -0.2) is 41.7 Å². The van der Waals surface area contributed by atoms with E-state index in [0.717, 1.165) is 0 Å². The quantitative estimate of drug-likeness (QED) is 0.731. The average molecular weight is 242 g/mol. The minimum Gasteiger partial charge on any atom is -0.479 e. The van der Waals surface area contributed by atoms with Crippen molar-refractivity contribution in [2.75, 3.05) is 13.7 Å². The van der Waals surface area contributed by atoms with Gasteiger partial charge in [-0.2, -0.15) is 0 Å². The van der Waals surface area contributed by atoms with E-state index < -0.39 is 18.0 Å². The summed E-state index contributed by atoms with van der Waals surface area (Å²) in [4.78, 5) is 26.1. The number of carboxylic acid groups (broad SMARTS) is 1. The molecule has 0 saturated carbocycles. The highest BCUT2D eigenvalue weighted by atomic mass is 16.5. The Balaban J connectivity index is 2.58. The van der Waals surface area contributed by atoms with Crippen molar-refractivity contribution in [3.05, 3.63) is 17.8 Å². The van der Waals surface area contributed by atoms with Crippen LogP contribution in [0.5, 0.6) is 0 Å². The van der Waals surface area contributed by atoms with Gasteiger partial charge in [0.05, 0.1) is 6.54 Å². The van der Waals surface area contributed by atoms with E-state index in [4.69, 9.17) is 9.52 Å². The Labute approximate surface area is 97.8 Å². The third-order valence-electron chi connectivity index (χ3n) is 2.19. The number of amides is 1. The number of carbonyl (C=O) groups is 2. The molecule has 94 valence electrons. The number of nitrogens with zero attached hydrogens (tertiary/aromatic N) is 1. The number of hydrogen-bond donors (Lipinski definition) is 2. The minimum absolute atomic E-state index is 0.124. The van der Waals surface area contributed by atoms with E-state index in [1.807, 2.05) is 6.92 Å². The van der Waals surface area contributed by atoms with Gasteiger partial charge in [0, 0.05) is 13.5 Å². The number of aromatic nitrogens is 1. The van der Waals surface area contributed by atoms with Crippen molar-refractivity contribution in [2.45, 2.75) is 19.4 Å². The summed E-state index contributed by atoms with van der Waals surface area (Å²) in [5.74, 6) is -1.14. The van der Waals surface area contributed by atoms with Gasteiger partial charge in [-0.1, -0.05) is 6.92 Å². The monoisotopic (exact) mass is 242 g/mol. The molecule has 1 unspecified atom stereocenters. The number of rotatable bonds is 6. The van der Waals surface area contributed by atoms with E-state index in [-0.39, 0.29) is 12.2 Å². The van der Waals surface area contributed by atoms with E-state index in [2.05, 4.69) is 15.0 Å². The van der Waals surface area contributed by atoms with Gasteiger partial charge in [0.1, 0.15) is 5.76 Å². The second-order valence-corrected chi connectivity index (χ2v) is 3.25. The lowest BCUT2D eigenvalue weighted by atomic mass is 10.2. The largest absolute Gasteiger partial charge is 0.479 e. The van der Waals surface area contributed by atoms with Crippen LogP contribution < -0.4 is 5.32 Å². The van der Waals surface area contributed by atoms with Crippen molar-refractivity contribution >= 4 is 11.9 Å². The van der Waals surface area contributed by atoms with Gasteiger partial charge in [0.15, 0.2) is 18.2 Å². The zero-order chi connectivity index (χ0) is 12.8. The topological polar surface area (TPSA) is 102 Å². The van der Waals surface area contributed by atoms with Crippen LogP contribution >= 0.6 is 0 Å². The zero-order valence-electron chi connectivity index (χ0n) is 9.60. The fourth-order valence-electron chi connectivity index (χ4n) is 1.25. The lowest BCUT2D eigenvalue weighted by Gasteiger charge is -2.10. The van der Waals surface area contributed by atoms with Gasteiger partial charge < -0.3 is 19.6 Å². The molecule has 2 N–H and O–H groups in total. The molecule has 0 aliphatic carbocycles. The molecule has 0 bridgehead atoms. The van der Waals surface area contributed by atoms with Crippen molar-refractivity contribution in [1.82, 2.24) is 10.3 Å². The van der Waals surface area contributed by atoms with E-state index in [0.29, 0.717) is 12.2 Å². The summed E-state index contributed by atoms with van der Waals surface area (Å²) in [5.41, 5.74) is 0.174. The van der Waals surface area contributed by atoms with Gasteiger partial charge in [-0.3, -0.25) is 4.79 Å². The number of oxazole rings is 1. The summed E-state index contributed by atoms with van der Waals surface area (Å²) in [5, 5.41) is 11.1. The highest BCUT2D eigenvalue weighted by Gasteiger charge is 2.20. The van der Waals surface area contributed by atoms with Crippen LogP contribution in [0, 0.1) is 0 Å². The molecule has 1 atom stereocenters. The van der Waals surface area contributed by atoms with Gasteiger partial charge in [0.2, 0.25) is 0 Å². The maximum absolute atomic E-state index is 11.6. The number of aliphatic carboxylic acids is 1. The molecule has 0 spiro atoms.